The molecule has 0 atom stereocenters. The minimum atomic E-state index is -0.205. The molecule has 4 aromatic rings. The zero-order chi connectivity index (χ0) is 21.2. The second kappa shape index (κ2) is 8.40. The molecule has 0 radical (unpaired) electrons. The highest BCUT2D eigenvalue weighted by molar-refractivity contribution is 5.98. The van der Waals surface area contributed by atoms with Crippen molar-refractivity contribution in [3.8, 4) is 5.75 Å². The second-order valence-electron chi connectivity index (χ2n) is 7.96. The lowest BCUT2D eigenvalue weighted by atomic mass is 10.00. The van der Waals surface area contributed by atoms with E-state index in [0.717, 1.165) is 54.5 Å². The number of nitrogens with zero attached hydrogens (tertiary/aromatic N) is 2. The molecule has 6 heteroatoms. The number of nitrogens with one attached hydrogen (secondary N) is 1. The lowest BCUT2D eigenvalue weighted by Gasteiger charge is -2.28. The van der Waals surface area contributed by atoms with Crippen molar-refractivity contribution < 1.29 is 13.9 Å². The molecule has 5 rings (SSSR count). The minimum absolute atomic E-state index is 0.205. The van der Waals surface area contributed by atoms with Gasteiger partial charge in [-0.3, -0.25) is 9.69 Å². The van der Waals surface area contributed by atoms with Crippen molar-refractivity contribution >= 4 is 27.9 Å². The summed E-state index contributed by atoms with van der Waals surface area (Å²) in [6, 6.07) is 18.0. The molecule has 0 fully saturated rings. The molecule has 158 valence electrons. The van der Waals surface area contributed by atoms with Crippen LogP contribution in [-0.4, -0.2) is 42.5 Å². The first-order chi connectivity index (χ1) is 15.2. The number of carbonyl (C=O) groups excluding carboxylic acids is 1. The zero-order valence-electron chi connectivity index (χ0n) is 17.6. The van der Waals surface area contributed by atoms with Crippen molar-refractivity contribution in [2.45, 2.75) is 19.4 Å². The summed E-state index contributed by atoms with van der Waals surface area (Å²) >= 11 is 0. The first-order valence-electron chi connectivity index (χ1n) is 10.7. The molecule has 1 N–H and O–H groups in total. The SMILES string of the molecule is COc1ccc2nc3oc(C(=O)NCCCN4CCc5ccccc5C4)cc3cc2c1. The number of furan rings is 1. The summed E-state index contributed by atoms with van der Waals surface area (Å²) in [5.74, 6) is 0.854. The van der Waals surface area contributed by atoms with Crippen LogP contribution in [0.5, 0.6) is 5.75 Å². The van der Waals surface area contributed by atoms with Crippen molar-refractivity contribution in [1.29, 1.82) is 0 Å². The smallest absolute Gasteiger partial charge is 0.287 e. The van der Waals surface area contributed by atoms with Gasteiger partial charge in [-0.05, 0) is 54.3 Å². The summed E-state index contributed by atoms with van der Waals surface area (Å²) < 4.78 is 11.0. The van der Waals surface area contributed by atoms with Crippen LogP contribution in [0, 0.1) is 0 Å². The number of fused-ring (bicyclic) bond motifs is 3. The lowest BCUT2D eigenvalue weighted by Crippen LogP contribution is -2.33. The third kappa shape index (κ3) is 4.11. The highest BCUT2D eigenvalue weighted by atomic mass is 16.5. The summed E-state index contributed by atoms with van der Waals surface area (Å²) in [6.45, 7) is 3.63. The van der Waals surface area contributed by atoms with Gasteiger partial charge in [0.25, 0.3) is 5.91 Å². The number of hydrogen-bond acceptors (Lipinski definition) is 5. The molecule has 0 unspecified atom stereocenters. The van der Waals surface area contributed by atoms with E-state index in [1.807, 2.05) is 24.3 Å². The quantitative estimate of drug-likeness (QED) is 0.479. The molecule has 6 nitrogen and oxygen atoms in total. The van der Waals surface area contributed by atoms with E-state index in [9.17, 15) is 4.79 Å². The van der Waals surface area contributed by atoms with Gasteiger partial charge < -0.3 is 14.5 Å². The number of benzene rings is 2. The average Bonchev–Trinajstić information content (AvgIpc) is 3.22. The number of amides is 1. The Balaban J connectivity index is 1.18. The van der Waals surface area contributed by atoms with Crippen molar-refractivity contribution in [3.05, 3.63) is 71.5 Å². The van der Waals surface area contributed by atoms with Gasteiger partial charge >= 0.3 is 0 Å². The number of carbonyl (C=O) groups is 1. The van der Waals surface area contributed by atoms with E-state index in [0.29, 0.717) is 12.3 Å². The summed E-state index contributed by atoms with van der Waals surface area (Å²) in [7, 11) is 1.64. The molecule has 0 spiro atoms. The molecule has 0 saturated carbocycles. The molecule has 1 amide bonds. The number of ether oxygens (including phenoxy) is 1. The monoisotopic (exact) mass is 415 g/mol. The van der Waals surface area contributed by atoms with Gasteiger partial charge in [-0.15, -0.1) is 0 Å². The fourth-order valence-electron chi connectivity index (χ4n) is 4.19. The Morgan fingerprint density at radius 3 is 2.87 bits per heavy atom. The highest BCUT2D eigenvalue weighted by Crippen LogP contribution is 2.26. The molecule has 1 aliphatic rings. The molecular formula is C25H25N3O3. The topological polar surface area (TPSA) is 67.6 Å². The third-order valence-electron chi connectivity index (χ3n) is 5.88. The van der Waals surface area contributed by atoms with Crippen LogP contribution in [0.3, 0.4) is 0 Å². The molecule has 2 aromatic carbocycles. The van der Waals surface area contributed by atoms with E-state index in [2.05, 4.69) is 39.5 Å². The van der Waals surface area contributed by atoms with Crippen LogP contribution in [0.2, 0.25) is 0 Å². The van der Waals surface area contributed by atoms with Crippen molar-refractivity contribution in [2.75, 3.05) is 26.7 Å². The maximum atomic E-state index is 12.6. The zero-order valence-corrected chi connectivity index (χ0v) is 17.6. The standard InChI is InChI=1S/C25H25N3O3/c1-30-21-7-8-22-19(14-21)13-20-15-23(31-25(20)27-22)24(29)26-10-4-11-28-12-9-17-5-2-3-6-18(17)16-28/h2-3,5-8,13-15H,4,9-12,16H2,1H3,(H,26,29). The fourth-order valence-corrected chi connectivity index (χ4v) is 4.19. The average molecular weight is 415 g/mol. The second-order valence-corrected chi connectivity index (χ2v) is 7.96. The molecule has 0 aliphatic carbocycles. The predicted octanol–water partition coefficient (Wildman–Crippen LogP) is 4.17. The largest absolute Gasteiger partial charge is 0.497 e. The van der Waals surface area contributed by atoms with Gasteiger partial charge in [-0.1, -0.05) is 24.3 Å². The summed E-state index contributed by atoms with van der Waals surface area (Å²) in [5, 5.41) is 4.72. The van der Waals surface area contributed by atoms with Crippen molar-refractivity contribution in [3.63, 3.8) is 0 Å². The van der Waals surface area contributed by atoms with Crippen LogP contribution < -0.4 is 10.1 Å². The Bertz CT molecular complexity index is 1250. The Hall–Kier alpha value is -3.38. The van der Waals surface area contributed by atoms with Gasteiger partial charge in [0.05, 0.1) is 12.6 Å². The van der Waals surface area contributed by atoms with E-state index >= 15 is 0 Å². The Kier molecular flexibility index (Phi) is 5.30. The summed E-state index contributed by atoms with van der Waals surface area (Å²) in [5.41, 5.74) is 4.14. The minimum Gasteiger partial charge on any atom is -0.497 e. The van der Waals surface area contributed by atoms with Crippen molar-refractivity contribution in [2.24, 2.45) is 0 Å². The Morgan fingerprint density at radius 2 is 2.00 bits per heavy atom. The van der Waals surface area contributed by atoms with E-state index < -0.39 is 0 Å². The highest BCUT2D eigenvalue weighted by Gasteiger charge is 2.16. The van der Waals surface area contributed by atoms with E-state index in [4.69, 9.17) is 9.15 Å². The number of hydrogen-bond donors (Lipinski definition) is 1. The van der Waals surface area contributed by atoms with Crippen LogP contribution in [0.15, 0.2) is 59.0 Å². The van der Waals surface area contributed by atoms with Crippen LogP contribution >= 0.6 is 0 Å². The van der Waals surface area contributed by atoms with Crippen LogP contribution in [0.25, 0.3) is 22.0 Å². The molecule has 2 aromatic heterocycles. The molecular weight excluding hydrogens is 390 g/mol. The molecule has 0 saturated heterocycles. The van der Waals surface area contributed by atoms with Crippen molar-refractivity contribution in [1.82, 2.24) is 15.2 Å². The molecule has 1 aliphatic heterocycles. The molecule has 0 bridgehead atoms. The fraction of sp³-hybridized carbons (Fsp3) is 0.280. The van der Waals surface area contributed by atoms with Gasteiger partial charge in [-0.25, -0.2) is 4.98 Å². The molecule has 3 heterocycles. The van der Waals surface area contributed by atoms with Crippen LogP contribution in [-0.2, 0) is 13.0 Å². The van der Waals surface area contributed by atoms with E-state index in [1.54, 1.807) is 13.2 Å². The predicted molar refractivity (Wildman–Crippen MR) is 120 cm³/mol. The number of methoxy groups -OCH3 is 1. The van der Waals surface area contributed by atoms with Gasteiger partial charge in [0, 0.05) is 37.0 Å². The number of pyridine rings is 1. The third-order valence-corrected chi connectivity index (χ3v) is 5.88. The van der Waals surface area contributed by atoms with Gasteiger partial charge in [0.2, 0.25) is 5.71 Å². The number of rotatable bonds is 6. The lowest BCUT2D eigenvalue weighted by molar-refractivity contribution is 0.0925. The van der Waals surface area contributed by atoms with E-state index in [-0.39, 0.29) is 11.7 Å². The first kappa shape index (κ1) is 19.6. The van der Waals surface area contributed by atoms with Gasteiger partial charge in [0.1, 0.15) is 5.75 Å². The number of aromatic nitrogens is 1. The van der Waals surface area contributed by atoms with Crippen LogP contribution in [0.1, 0.15) is 28.1 Å². The van der Waals surface area contributed by atoms with E-state index in [1.165, 1.54) is 11.1 Å². The van der Waals surface area contributed by atoms with Gasteiger partial charge in [-0.2, -0.15) is 0 Å². The van der Waals surface area contributed by atoms with Crippen LogP contribution in [0.4, 0.5) is 0 Å². The normalized spacial score (nSPS) is 14.0. The molecule has 31 heavy (non-hydrogen) atoms. The maximum absolute atomic E-state index is 12.6. The first-order valence-corrected chi connectivity index (χ1v) is 10.7. The summed E-state index contributed by atoms with van der Waals surface area (Å²) in [6.07, 6.45) is 1.99. The summed E-state index contributed by atoms with van der Waals surface area (Å²) in [4.78, 5) is 19.5. The van der Waals surface area contributed by atoms with Gasteiger partial charge in [0.15, 0.2) is 5.76 Å². The maximum Gasteiger partial charge on any atom is 0.287 e. The Labute approximate surface area is 180 Å². The Morgan fingerprint density at radius 1 is 1.13 bits per heavy atom.